The highest BCUT2D eigenvalue weighted by molar-refractivity contribution is 7.99. The zero-order valence-electron chi connectivity index (χ0n) is 16.5. The van der Waals surface area contributed by atoms with Crippen molar-refractivity contribution in [1.82, 2.24) is 9.55 Å². The summed E-state index contributed by atoms with van der Waals surface area (Å²) >= 11 is 4.02. The van der Waals surface area contributed by atoms with Gasteiger partial charge < -0.3 is 5.32 Å². The highest BCUT2D eigenvalue weighted by Gasteiger charge is 2.19. The molecule has 0 aliphatic heterocycles. The van der Waals surface area contributed by atoms with Crippen LogP contribution in [0.15, 0.2) is 69.8 Å². The Labute approximate surface area is 194 Å². The molecule has 3 heterocycles. The number of para-hydroxylation sites is 2. The first kappa shape index (κ1) is 21.9. The molecule has 1 amide bonds. The summed E-state index contributed by atoms with van der Waals surface area (Å²) in [5.74, 6) is -0.501. The van der Waals surface area contributed by atoms with E-state index in [1.54, 1.807) is 23.5 Å². The van der Waals surface area contributed by atoms with Gasteiger partial charge >= 0.3 is 0 Å². The molecule has 0 radical (unpaired) electrons. The standard InChI is InChI=1S/C21H16N4O4S3/c1-2-9-24-20(27)18-13(16-8-5-10-30-16)11-31-19(18)23-21(24)32-12-17(26)22-14-6-3-4-7-15(14)25(28)29/h2-8,10-11H,1,9,12H2,(H,22,26). The fourth-order valence-electron chi connectivity index (χ4n) is 3.07. The fourth-order valence-corrected chi connectivity index (χ4v) is 5.69. The topological polar surface area (TPSA) is 107 Å². The Balaban J connectivity index is 1.61. The van der Waals surface area contributed by atoms with Crippen LogP contribution in [0, 0.1) is 10.1 Å². The summed E-state index contributed by atoms with van der Waals surface area (Å²) in [6.07, 6.45) is 1.60. The first-order valence-electron chi connectivity index (χ1n) is 9.32. The number of rotatable bonds is 8. The van der Waals surface area contributed by atoms with Crippen LogP contribution in [0.4, 0.5) is 11.4 Å². The van der Waals surface area contributed by atoms with Crippen LogP contribution in [-0.2, 0) is 11.3 Å². The van der Waals surface area contributed by atoms with Gasteiger partial charge in [0.1, 0.15) is 10.5 Å². The third-order valence-corrected chi connectivity index (χ3v) is 7.22. The number of hydrogen-bond donors (Lipinski definition) is 1. The minimum atomic E-state index is -0.554. The second kappa shape index (κ2) is 9.47. The maximum Gasteiger partial charge on any atom is 0.292 e. The van der Waals surface area contributed by atoms with Crippen molar-refractivity contribution in [2.45, 2.75) is 11.7 Å². The first-order valence-corrected chi connectivity index (χ1v) is 12.1. The molecule has 0 bridgehead atoms. The normalized spacial score (nSPS) is 10.9. The van der Waals surface area contributed by atoms with Crippen molar-refractivity contribution in [3.8, 4) is 10.4 Å². The molecule has 4 rings (SSSR count). The van der Waals surface area contributed by atoms with Crippen molar-refractivity contribution in [3.63, 3.8) is 0 Å². The van der Waals surface area contributed by atoms with Crippen LogP contribution < -0.4 is 10.9 Å². The van der Waals surface area contributed by atoms with Crippen LogP contribution in [-0.4, -0.2) is 26.1 Å². The van der Waals surface area contributed by atoms with Crippen LogP contribution in [0.3, 0.4) is 0 Å². The average Bonchev–Trinajstić information content (AvgIpc) is 3.44. The van der Waals surface area contributed by atoms with Crippen molar-refractivity contribution >= 4 is 61.9 Å². The quantitative estimate of drug-likeness (QED) is 0.124. The van der Waals surface area contributed by atoms with Gasteiger partial charge in [0.25, 0.3) is 11.2 Å². The van der Waals surface area contributed by atoms with Gasteiger partial charge in [0.15, 0.2) is 5.16 Å². The zero-order valence-corrected chi connectivity index (χ0v) is 19.0. The molecule has 1 aromatic carbocycles. The van der Waals surface area contributed by atoms with Gasteiger partial charge in [0.2, 0.25) is 5.91 Å². The molecule has 32 heavy (non-hydrogen) atoms. The molecule has 8 nitrogen and oxygen atoms in total. The molecule has 0 saturated heterocycles. The van der Waals surface area contributed by atoms with Crippen LogP contribution in [0.2, 0.25) is 0 Å². The maximum absolute atomic E-state index is 13.3. The van der Waals surface area contributed by atoms with Crippen molar-refractivity contribution in [2.75, 3.05) is 11.1 Å². The number of amides is 1. The molecule has 1 N–H and O–H groups in total. The fraction of sp³-hybridized carbons (Fsp3) is 0.0952. The molecule has 0 atom stereocenters. The average molecular weight is 485 g/mol. The van der Waals surface area contributed by atoms with Gasteiger partial charge in [0, 0.05) is 28.4 Å². The SMILES string of the molecule is C=CCn1c(SCC(=O)Nc2ccccc2[N+](=O)[O-])nc2scc(-c3cccs3)c2c1=O. The Hall–Kier alpha value is -3.28. The van der Waals surface area contributed by atoms with Gasteiger partial charge in [0.05, 0.1) is 16.1 Å². The molecule has 0 unspecified atom stereocenters. The van der Waals surface area contributed by atoms with E-state index in [4.69, 9.17) is 0 Å². The molecular weight excluding hydrogens is 468 g/mol. The lowest BCUT2D eigenvalue weighted by Crippen LogP contribution is -2.23. The predicted molar refractivity (Wildman–Crippen MR) is 130 cm³/mol. The number of allylic oxidation sites excluding steroid dienone is 1. The number of carbonyl (C=O) groups is 1. The summed E-state index contributed by atoms with van der Waals surface area (Å²) in [6.45, 7) is 3.97. The number of fused-ring (bicyclic) bond motifs is 1. The number of thioether (sulfide) groups is 1. The monoisotopic (exact) mass is 484 g/mol. The van der Waals surface area contributed by atoms with Crippen molar-refractivity contribution in [2.24, 2.45) is 0 Å². The van der Waals surface area contributed by atoms with Crippen molar-refractivity contribution in [1.29, 1.82) is 0 Å². The van der Waals surface area contributed by atoms with E-state index in [9.17, 15) is 19.7 Å². The number of nitrogens with one attached hydrogen (secondary N) is 1. The molecule has 0 aliphatic rings. The number of carbonyl (C=O) groups excluding carboxylic acids is 1. The van der Waals surface area contributed by atoms with E-state index in [2.05, 4.69) is 16.9 Å². The molecule has 11 heteroatoms. The van der Waals surface area contributed by atoms with Crippen LogP contribution in [0.25, 0.3) is 20.7 Å². The Morgan fingerprint density at radius 1 is 1.28 bits per heavy atom. The van der Waals surface area contributed by atoms with Gasteiger partial charge in [-0.15, -0.1) is 29.3 Å². The number of hydrogen-bond acceptors (Lipinski definition) is 8. The van der Waals surface area contributed by atoms with E-state index in [0.717, 1.165) is 22.2 Å². The number of nitrogens with zero attached hydrogens (tertiary/aromatic N) is 3. The number of benzene rings is 1. The number of aromatic nitrogens is 2. The third kappa shape index (κ3) is 4.35. The zero-order chi connectivity index (χ0) is 22.7. The summed E-state index contributed by atoms with van der Waals surface area (Å²) in [5, 5.41) is 18.5. The minimum Gasteiger partial charge on any atom is -0.320 e. The van der Waals surface area contributed by atoms with E-state index in [-0.39, 0.29) is 29.2 Å². The van der Waals surface area contributed by atoms with E-state index in [1.807, 2.05) is 22.9 Å². The third-order valence-electron chi connectivity index (χ3n) is 4.46. The van der Waals surface area contributed by atoms with E-state index in [0.29, 0.717) is 15.4 Å². The summed E-state index contributed by atoms with van der Waals surface area (Å²) in [6, 6.07) is 9.81. The van der Waals surface area contributed by atoms with E-state index < -0.39 is 10.8 Å². The second-order valence-electron chi connectivity index (χ2n) is 6.52. The lowest BCUT2D eigenvalue weighted by atomic mass is 10.2. The molecular formula is C21H16N4O4S3. The first-order chi connectivity index (χ1) is 15.5. The molecule has 4 aromatic rings. The summed E-state index contributed by atoms with van der Waals surface area (Å²) < 4.78 is 1.49. The summed E-state index contributed by atoms with van der Waals surface area (Å²) in [4.78, 5) is 42.5. The summed E-state index contributed by atoms with van der Waals surface area (Å²) in [5.41, 5.74) is 0.588. The van der Waals surface area contributed by atoms with Crippen molar-refractivity contribution < 1.29 is 9.72 Å². The van der Waals surface area contributed by atoms with Gasteiger partial charge in [-0.2, -0.15) is 0 Å². The van der Waals surface area contributed by atoms with Gasteiger partial charge in [-0.05, 0) is 17.5 Å². The Bertz CT molecular complexity index is 1380. The Kier molecular flexibility index (Phi) is 6.49. The van der Waals surface area contributed by atoms with E-state index in [1.165, 1.54) is 34.1 Å². The molecule has 162 valence electrons. The number of thiophene rings is 2. The molecule has 0 aliphatic carbocycles. The lowest BCUT2D eigenvalue weighted by molar-refractivity contribution is -0.383. The number of nitro groups is 1. The predicted octanol–water partition coefficient (Wildman–Crippen LogP) is 5.01. The van der Waals surface area contributed by atoms with Crippen LogP contribution >= 0.6 is 34.4 Å². The Morgan fingerprint density at radius 2 is 2.09 bits per heavy atom. The smallest absolute Gasteiger partial charge is 0.292 e. The van der Waals surface area contributed by atoms with E-state index >= 15 is 0 Å². The van der Waals surface area contributed by atoms with Gasteiger partial charge in [-0.3, -0.25) is 24.3 Å². The minimum absolute atomic E-state index is 0.0652. The highest BCUT2D eigenvalue weighted by Crippen LogP contribution is 2.34. The van der Waals surface area contributed by atoms with Crippen LogP contribution in [0.5, 0.6) is 0 Å². The summed E-state index contributed by atoms with van der Waals surface area (Å²) in [7, 11) is 0. The lowest BCUT2D eigenvalue weighted by Gasteiger charge is -2.11. The Morgan fingerprint density at radius 3 is 2.81 bits per heavy atom. The van der Waals surface area contributed by atoms with Gasteiger partial charge in [-0.25, -0.2) is 4.98 Å². The molecule has 0 spiro atoms. The maximum atomic E-state index is 13.3. The molecule has 0 fully saturated rings. The highest BCUT2D eigenvalue weighted by atomic mass is 32.2. The van der Waals surface area contributed by atoms with Crippen LogP contribution in [0.1, 0.15) is 0 Å². The number of nitro benzene ring substituents is 1. The van der Waals surface area contributed by atoms with Gasteiger partial charge in [-0.1, -0.05) is 36.0 Å². The molecule has 3 aromatic heterocycles. The largest absolute Gasteiger partial charge is 0.320 e. The molecule has 0 saturated carbocycles. The van der Waals surface area contributed by atoms with Crippen molar-refractivity contribution in [3.05, 3.63) is 80.3 Å². The number of anilines is 1. The second-order valence-corrected chi connectivity index (χ2v) is 9.27.